The summed E-state index contributed by atoms with van der Waals surface area (Å²) in [7, 11) is 0. The number of benzene rings is 3. The van der Waals surface area contributed by atoms with Gasteiger partial charge in [0.2, 0.25) is 5.88 Å². The van der Waals surface area contributed by atoms with Gasteiger partial charge in [0.05, 0.1) is 23.1 Å². The fraction of sp³-hybridized carbons (Fsp3) is 0.214. The van der Waals surface area contributed by atoms with Crippen LogP contribution in [0.3, 0.4) is 0 Å². The molecule has 0 saturated carbocycles. The molecule has 0 bridgehead atoms. The van der Waals surface area contributed by atoms with E-state index in [1.54, 1.807) is 24.3 Å². The second kappa shape index (κ2) is 11.4. The Labute approximate surface area is 219 Å². The monoisotopic (exact) mass is 522 g/mol. The summed E-state index contributed by atoms with van der Waals surface area (Å²) in [5.41, 5.74) is 8.15. The number of fused-ring (bicyclic) bond motifs is 1. The number of halogens is 2. The lowest BCUT2D eigenvalue weighted by atomic mass is 9.83. The van der Waals surface area contributed by atoms with Gasteiger partial charge in [-0.3, -0.25) is 0 Å². The molecule has 1 aliphatic heterocycles. The van der Waals surface area contributed by atoms with Gasteiger partial charge in [-0.1, -0.05) is 61.2 Å². The second-order valence-electron chi connectivity index (χ2n) is 8.27. The molecule has 36 heavy (non-hydrogen) atoms. The minimum Gasteiger partial charge on any atom is -0.494 e. The Morgan fingerprint density at radius 2 is 1.92 bits per heavy atom. The largest absolute Gasteiger partial charge is 0.494 e. The number of rotatable bonds is 8. The molecule has 184 valence electrons. The highest BCUT2D eigenvalue weighted by molar-refractivity contribution is 6.36. The Kier molecular flexibility index (Phi) is 8.04. The molecule has 3 aromatic carbocycles. The fourth-order valence-corrected chi connectivity index (χ4v) is 4.47. The SMILES string of the molecule is CCCCCOc1cccc(C2C(C#N)=C(N)Oc3cc(OC(=O)c4ccc(Cl)cc4Cl)ccc32)c1. The van der Waals surface area contributed by atoms with Crippen LogP contribution in [0.15, 0.2) is 72.1 Å². The van der Waals surface area contributed by atoms with Crippen molar-refractivity contribution >= 4 is 29.2 Å². The van der Waals surface area contributed by atoms with Crippen molar-refractivity contribution in [1.29, 1.82) is 5.26 Å². The van der Waals surface area contributed by atoms with E-state index >= 15 is 0 Å². The van der Waals surface area contributed by atoms with E-state index < -0.39 is 11.9 Å². The van der Waals surface area contributed by atoms with Gasteiger partial charge < -0.3 is 19.9 Å². The third-order valence-electron chi connectivity index (χ3n) is 5.76. The Morgan fingerprint density at radius 1 is 1.08 bits per heavy atom. The minimum atomic E-state index is -0.641. The number of unbranched alkanes of at least 4 members (excludes halogenated alkanes) is 2. The predicted octanol–water partition coefficient (Wildman–Crippen LogP) is 7.00. The molecule has 0 spiro atoms. The van der Waals surface area contributed by atoms with Crippen molar-refractivity contribution in [2.75, 3.05) is 6.61 Å². The summed E-state index contributed by atoms with van der Waals surface area (Å²) in [6, 6.07) is 19.3. The third kappa shape index (κ3) is 5.59. The van der Waals surface area contributed by atoms with Gasteiger partial charge in [-0.2, -0.15) is 5.26 Å². The number of esters is 1. The number of nitriles is 1. The van der Waals surface area contributed by atoms with E-state index in [4.69, 9.17) is 43.1 Å². The van der Waals surface area contributed by atoms with Gasteiger partial charge in [-0.05, 0) is 48.4 Å². The molecule has 0 saturated heterocycles. The van der Waals surface area contributed by atoms with Gasteiger partial charge in [0, 0.05) is 16.7 Å². The number of hydrogen-bond donors (Lipinski definition) is 1. The maximum atomic E-state index is 12.6. The lowest BCUT2D eigenvalue weighted by molar-refractivity contribution is 0.0734. The highest BCUT2D eigenvalue weighted by Crippen LogP contribution is 2.44. The second-order valence-corrected chi connectivity index (χ2v) is 9.11. The molecule has 2 N–H and O–H groups in total. The molecule has 6 nitrogen and oxygen atoms in total. The topological polar surface area (TPSA) is 94.6 Å². The first-order chi connectivity index (χ1) is 17.4. The van der Waals surface area contributed by atoms with Gasteiger partial charge in [0.25, 0.3) is 0 Å². The standard InChI is InChI=1S/C28H24Cl2N2O4/c1-2-3-4-12-34-19-7-5-6-17(13-19)26-22-11-9-20(15-25(22)36-27(32)23(26)16-31)35-28(33)21-10-8-18(29)14-24(21)30/h5-11,13-15,26H,2-4,12,32H2,1H3. The highest BCUT2D eigenvalue weighted by atomic mass is 35.5. The lowest BCUT2D eigenvalue weighted by Gasteiger charge is -2.27. The normalized spacial score (nSPS) is 14.4. The highest BCUT2D eigenvalue weighted by Gasteiger charge is 2.31. The molecule has 0 fully saturated rings. The molecule has 1 heterocycles. The first-order valence-corrected chi connectivity index (χ1v) is 12.3. The van der Waals surface area contributed by atoms with Crippen LogP contribution in [0, 0.1) is 11.3 Å². The molecule has 3 aromatic rings. The van der Waals surface area contributed by atoms with Crippen LogP contribution in [0.1, 0.15) is 53.6 Å². The average molecular weight is 523 g/mol. The Morgan fingerprint density at radius 3 is 2.67 bits per heavy atom. The third-order valence-corrected chi connectivity index (χ3v) is 6.31. The van der Waals surface area contributed by atoms with Crippen molar-refractivity contribution < 1.29 is 19.0 Å². The summed E-state index contributed by atoms with van der Waals surface area (Å²) in [6.45, 7) is 2.76. The van der Waals surface area contributed by atoms with E-state index in [1.165, 1.54) is 12.1 Å². The molecule has 0 amide bonds. The molecule has 0 aromatic heterocycles. The van der Waals surface area contributed by atoms with Crippen LogP contribution in [-0.2, 0) is 0 Å². The molecular weight excluding hydrogens is 499 g/mol. The number of carbonyl (C=O) groups excluding carboxylic acids is 1. The maximum Gasteiger partial charge on any atom is 0.345 e. The van der Waals surface area contributed by atoms with E-state index in [-0.39, 0.29) is 22.2 Å². The van der Waals surface area contributed by atoms with E-state index in [0.717, 1.165) is 30.6 Å². The van der Waals surface area contributed by atoms with Crippen LogP contribution in [0.4, 0.5) is 0 Å². The summed E-state index contributed by atoms with van der Waals surface area (Å²) in [5, 5.41) is 10.4. The summed E-state index contributed by atoms with van der Waals surface area (Å²) in [5.74, 6) is 0.237. The van der Waals surface area contributed by atoms with Crippen LogP contribution in [0.2, 0.25) is 10.0 Å². The predicted molar refractivity (Wildman–Crippen MR) is 139 cm³/mol. The summed E-state index contributed by atoms with van der Waals surface area (Å²) in [4.78, 5) is 12.6. The van der Waals surface area contributed by atoms with Crippen LogP contribution >= 0.6 is 23.2 Å². The quantitative estimate of drug-likeness (QED) is 0.194. The first-order valence-electron chi connectivity index (χ1n) is 11.5. The molecule has 1 atom stereocenters. The summed E-state index contributed by atoms with van der Waals surface area (Å²) >= 11 is 12.0. The number of nitrogens with zero attached hydrogens (tertiary/aromatic N) is 1. The number of carbonyl (C=O) groups is 1. The van der Waals surface area contributed by atoms with E-state index in [1.807, 2.05) is 24.3 Å². The Bertz CT molecular complexity index is 1360. The van der Waals surface area contributed by atoms with Crippen LogP contribution in [0.25, 0.3) is 0 Å². The number of ether oxygens (including phenoxy) is 3. The van der Waals surface area contributed by atoms with Crippen molar-refractivity contribution in [3.05, 3.63) is 98.9 Å². The average Bonchev–Trinajstić information content (AvgIpc) is 2.86. The molecule has 8 heteroatoms. The zero-order valence-corrected chi connectivity index (χ0v) is 21.1. The van der Waals surface area contributed by atoms with Crippen LogP contribution < -0.4 is 19.9 Å². The van der Waals surface area contributed by atoms with Gasteiger partial charge in [-0.25, -0.2) is 4.79 Å². The summed E-state index contributed by atoms with van der Waals surface area (Å²) in [6.07, 6.45) is 3.18. The molecule has 4 rings (SSSR count). The lowest BCUT2D eigenvalue weighted by Crippen LogP contribution is -2.21. The van der Waals surface area contributed by atoms with Crippen LogP contribution in [0.5, 0.6) is 17.2 Å². The Hall–Kier alpha value is -3.66. The number of allylic oxidation sites excluding steroid dienone is 1. The first kappa shape index (κ1) is 25.4. The van der Waals surface area contributed by atoms with Gasteiger partial charge in [-0.15, -0.1) is 0 Å². The van der Waals surface area contributed by atoms with E-state index in [2.05, 4.69) is 13.0 Å². The molecule has 1 unspecified atom stereocenters. The van der Waals surface area contributed by atoms with Crippen molar-refractivity contribution in [1.82, 2.24) is 0 Å². The minimum absolute atomic E-state index is 0.00603. The van der Waals surface area contributed by atoms with E-state index in [0.29, 0.717) is 28.5 Å². The van der Waals surface area contributed by atoms with Gasteiger partial charge >= 0.3 is 5.97 Å². The molecule has 1 aliphatic rings. The maximum absolute atomic E-state index is 12.6. The van der Waals surface area contributed by atoms with Crippen LogP contribution in [-0.4, -0.2) is 12.6 Å². The van der Waals surface area contributed by atoms with Gasteiger partial charge in [0.15, 0.2) is 0 Å². The smallest absolute Gasteiger partial charge is 0.345 e. The van der Waals surface area contributed by atoms with Crippen molar-refractivity contribution in [2.45, 2.75) is 32.1 Å². The molecule has 0 radical (unpaired) electrons. The number of hydrogen-bond acceptors (Lipinski definition) is 6. The van der Waals surface area contributed by atoms with Crippen molar-refractivity contribution in [3.8, 4) is 23.3 Å². The van der Waals surface area contributed by atoms with Crippen molar-refractivity contribution in [3.63, 3.8) is 0 Å². The Balaban J connectivity index is 1.62. The zero-order chi connectivity index (χ0) is 25.7. The van der Waals surface area contributed by atoms with Crippen molar-refractivity contribution in [2.24, 2.45) is 5.73 Å². The van der Waals surface area contributed by atoms with E-state index in [9.17, 15) is 10.1 Å². The molecule has 0 aliphatic carbocycles. The van der Waals surface area contributed by atoms with Gasteiger partial charge in [0.1, 0.15) is 28.9 Å². The summed E-state index contributed by atoms with van der Waals surface area (Å²) < 4.78 is 17.2. The zero-order valence-electron chi connectivity index (χ0n) is 19.6. The fourth-order valence-electron chi connectivity index (χ4n) is 3.99. The number of nitrogens with two attached hydrogens (primary N) is 1. The molecular formula is C28H24Cl2N2O4.